The zero-order chi connectivity index (χ0) is 21.1. The van der Waals surface area contributed by atoms with Crippen molar-refractivity contribution < 1.29 is 9.53 Å². The molecule has 0 bridgehead atoms. The highest BCUT2D eigenvalue weighted by atomic mass is 16.5. The van der Waals surface area contributed by atoms with Crippen LogP contribution in [0.2, 0.25) is 0 Å². The monoisotopic (exact) mass is 407 g/mol. The fraction of sp³-hybridized carbons (Fsp3) is 0.333. The third-order valence-electron chi connectivity index (χ3n) is 5.35. The van der Waals surface area contributed by atoms with E-state index in [-0.39, 0.29) is 6.03 Å². The first-order chi connectivity index (χ1) is 14.5. The normalized spacial score (nSPS) is 14.0. The number of hydrogen-bond donors (Lipinski definition) is 1. The van der Waals surface area contributed by atoms with Crippen molar-refractivity contribution in [2.24, 2.45) is 0 Å². The lowest BCUT2D eigenvalue weighted by molar-refractivity contribution is 0.208. The van der Waals surface area contributed by atoms with Crippen molar-refractivity contribution in [2.75, 3.05) is 43.5 Å². The zero-order valence-electron chi connectivity index (χ0n) is 17.4. The standard InChI is InChI=1S/C21H25N7O2/c1-15-16(2)28(14-24-15)20-12-19(22-13-23-20)26-7-9-27(10-8-26)21(29)25-17-5-4-6-18(11-17)30-3/h4-6,11-14H,7-10H2,1-3H3,(H,25,29). The van der Waals surface area contributed by atoms with Crippen LogP contribution in [0.3, 0.4) is 0 Å². The van der Waals surface area contributed by atoms with Gasteiger partial charge in [0, 0.05) is 49.7 Å². The molecule has 2 aromatic heterocycles. The Morgan fingerprint density at radius 2 is 1.80 bits per heavy atom. The van der Waals surface area contributed by atoms with E-state index in [0.717, 1.165) is 23.0 Å². The predicted octanol–water partition coefficient (Wildman–Crippen LogP) is 2.64. The van der Waals surface area contributed by atoms with Crippen molar-refractivity contribution in [1.29, 1.82) is 0 Å². The SMILES string of the molecule is COc1cccc(NC(=O)N2CCN(c3cc(-n4cnc(C)c4C)ncn3)CC2)c1. The molecule has 9 nitrogen and oxygen atoms in total. The van der Waals surface area contributed by atoms with Crippen LogP contribution in [0.15, 0.2) is 43.0 Å². The van der Waals surface area contributed by atoms with Gasteiger partial charge in [-0.05, 0) is 26.0 Å². The van der Waals surface area contributed by atoms with Crippen LogP contribution in [0.5, 0.6) is 5.75 Å². The quantitative estimate of drug-likeness (QED) is 0.715. The van der Waals surface area contributed by atoms with Gasteiger partial charge in [-0.2, -0.15) is 0 Å². The van der Waals surface area contributed by atoms with E-state index >= 15 is 0 Å². The zero-order valence-corrected chi connectivity index (χ0v) is 17.4. The molecule has 2 amide bonds. The molecule has 1 N–H and O–H groups in total. The number of nitrogens with one attached hydrogen (secondary N) is 1. The molecule has 3 heterocycles. The van der Waals surface area contributed by atoms with Crippen molar-refractivity contribution in [3.05, 3.63) is 54.4 Å². The molecular formula is C21H25N7O2. The number of amides is 2. The molecule has 1 fully saturated rings. The number of ether oxygens (including phenoxy) is 1. The summed E-state index contributed by atoms with van der Waals surface area (Å²) in [5, 5.41) is 2.93. The summed E-state index contributed by atoms with van der Waals surface area (Å²) < 4.78 is 7.16. The highest BCUT2D eigenvalue weighted by Gasteiger charge is 2.22. The summed E-state index contributed by atoms with van der Waals surface area (Å²) in [7, 11) is 1.61. The van der Waals surface area contributed by atoms with Crippen LogP contribution in [0.1, 0.15) is 11.4 Å². The van der Waals surface area contributed by atoms with Crippen molar-refractivity contribution >= 4 is 17.5 Å². The van der Waals surface area contributed by atoms with Gasteiger partial charge >= 0.3 is 6.03 Å². The molecule has 156 valence electrons. The van der Waals surface area contributed by atoms with E-state index in [4.69, 9.17) is 4.74 Å². The molecule has 0 radical (unpaired) electrons. The summed E-state index contributed by atoms with van der Waals surface area (Å²) in [6.45, 7) is 6.61. The minimum absolute atomic E-state index is 0.115. The Kier molecular flexibility index (Phi) is 5.51. The molecule has 0 saturated carbocycles. The summed E-state index contributed by atoms with van der Waals surface area (Å²) in [6, 6.07) is 9.19. The van der Waals surface area contributed by atoms with Crippen LogP contribution in [0.25, 0.3) is 5.82 Å². The van der Waals surface area contributed by atoms with Gasteiger partial charge in [0.15, 0.2) is 0 Å². The van der Waals surface area contributed by atoms with Gasteiger partial charge in [-0.1, -0.05) is 6.07 Å². The third kappa shape index (κ3) is 4.05. The largest absolute Gasteiger partial charge is 0.497 e. The maximum absolute atomic E-state index is 12.6. The Bertz CT molecular complexity index is 1040. The smallest absolute Gasteiger partial charge is 0.321 e. The van der Waals surface area contributed by atoms with Crippen molar-refractivity contribution in [3.8, 4) is 11.6 Å². The number of imidazole rings is 1. The Morgan fingerprint density at radius 3 is 2.50 bits per heavy atom. The van der Waals surface area contributed by atoms with Gasteiger partial charge in [0.05, 0.1) is 12.8 Å². The van der Waals surface area contributed by atoms with Gasteiger partial charge in [0.25, 0.3) is 0 Å². The van der Waals surface area contributed by atoms with Gasteiger partial charge in [-0.3, -0.25) is 4.57 Å². The first-order valence-corrected chi connectivity index (χ1v) is 9.83. The first-order valence-electron chi connectivity index (χ1n) is 9.83. The minimum Gasteiger partial charge on any atom is -0.497 e. The van der Waals surface area contributed by atoms with Crippen molar-refractivity contribution in [2.45, 2.75) is 13.8 Å². The molecular weight excluding hydrogens is 382 g/mol. The average molecular weight is 407 g/mol. The Balaban J connectivity index is 1.39. The Hall–Kier alpha value is -3.62. The van der Waals surface area contributed by atoms with E-state index in [9.17, 15) is 4.79 Å². The molecule has 0 aliphatic carbocycles. The second kappa shape index (κ2) is 8.40. The van der Waals surface area contributed by atoms with Crippen LogP contribution in [0, 0.1) is 13.8 Å². The third-order valence-corrected chi connectivity index (χ3v) is 5.35. The van der Waals surface area contributed by atoms with Crippen LogP contribution >= 0.6 is 0 Å². The van der Waals surface area contributed by atoms with E-state index in [1.54, 1.807) is 30.7 Å². The topological polar surface area (TPSA) is 88.4 Å². The number of urea groups is 1. The summed E-state index contributed by atoms with van der Waals surface area (Å²) in [6.07, 6.45) is 3.35. The Labute approximate surface area is 175 Å². The van der Waals surface area contributed by atoms with E-state index < -0.39 is 0 Å². The van der Waals surface area contributed by atoms with Crippen molar-refractivity contribution in [1.82, 2.24) is 24.4 Å². The molecule has 4 rings (SSSR count). The first kappa shape index (κ1) is 19.7. The van der Waals surface area contributed by atoms with Crippen molar-refractivity contribution in [3.63, 3.8) is 0 Å². The molecule has 1 saturated heterocycles. The molecule has 9 heteroatoms. The second-order valence-corrected chi connectivity index (χ2v) is 7.16. The van der Waals surface area contributed by atoms with Gasteiger partial charge in [-0.25, -0.2) is 19.7 Å². The number of carbonyl (C=O) groups is 1. The molecule has 1 aliphatic heterocycles. The summed E-state index contributed by atoms with van der Waals surface area (Å²) in [5.74, 6) is 2.34. The van der Waals surface area contributed by atoms with E-state index in [0.29, 0.717) is 37.6 Å². The number of benzene rings is 1. The maximum atomic E-state index is 12.6. The fourth-order valence-corrected chi connectivity index (χ4v) is 3.41. The van der Waals surface area contributed by atoms with E-state index in [1.807, 2.05) is 42.7 Å². The fourth-order valence-electron chi connectivity index (χ4n) is 3.41. The number of aryl methyl sites for hydroxylation is 1. The van der Waals surface area contributed by atoms with Crippen LogP contribution in [-0.4, -0.2) is 63.7 Å². The lowest BCUT2D eigenvalue weighted by atomic mass is 10.3. The molecule has 1 aromatic carbocycles. The molecule has 30 heavy (non-hydrogen) atoms. The maximum Gasteiger partial charge on any atom is 0.321 e. The number of hydrogen-bond acceptors (Lipinski definition) is 6. The molecule has 0 spiro atoms. The van der Waals surface area contributed by atoms with Crippen LogP contribution < -0.4 is 15.0 Å². The number of carbonyl (C=O) groups excluding carboxylic acids is 1. The average Bonchev–Trinajstić information content (AvgIpc) is 3.12. The predicted molar refractivity (Wildman–Crippen MR) is 114 cm³/mol. The van der Waals surface area contributed by atoms with Gasteiger partial charge < -0.3 is 19.9 Å². The second-order valence-electron chi connectivity index (χ2n) is 7.16. The number of piperazine rings is 1. The van der Waals surface area contributed by atoms with Gasteiger partial charge in [-0.15, -0.1) is 0 Å². The summed E-state index contributed by atoms with van der Waals surface area (Å²) in [5.41, 5.74) is 2.75. The minimum atomic E-state index is -0.115. The summed E-state index contributed by atoms with van der Waals surface area (Å²) >= 11 is 0. The molecule has 0 atom stereocenters. The number of nitrogens with zero attached hydrogens (tertiary/aromatic N) is 6. The summed E-state index contributed by atoms with van der Waals surface area (Å²) in [4.78, 5) is 29.7. The molecule has 0 unspecified atom stereocenters. The Morgan fingerprint density at radius 1 is 1.03 bits per heavy atom. The number of methoxy groups -OCH3 is 1. The van der Waals surface area contributed by atoms with Crippen LogP contribution in [-0.2, 0) is 0 Å². The van der Waals surface area contributed by atoms with Gasteiger partial charge in [0.1, 0.15) is 30.0 Å². The number of rotatable bonds is 4. The number of aromatic nitrogens is 4. The molecule has 1 aliphatic rings. The van der Waals surface area contributed by atoms with Gasteiger partial charge in [0.2, 0.25) is 0 Å². The van der Waals surface area contributed by atoms with Crippen LogP contribution in [0.4, 0.5) is 16.3 Å². The lowest BCUT2D eigenvalue weighted by Crippen LogP contribution is -2.50. The van der Waals surface area contributed by atoms with E-state index in [2.05, 4.69) is 25.2 Å². The molecule has 3 aromatic rings. The lowest BCUT2D eigenvalue weighted by Gasteiger charge is -2.35. The number of anilines is 2. The van der Waals surface area contributed by atoms with E-state index in [1.165, 1.54) is 0 Å². The highest BCUT2D eigenvalue weighted by molar-refractivity contribution is 5.89. The highest BCUT2D eigenvalue weighted by Crippen LogP contribution is 2.20.